The highest BCUT2D eigenvalue weighted by atomic mass is 32.2. The highest BCUT2D eigenvalue weighted by Crippen LogP contribution is 2.07. The largest absolute Gasteiger partial charge is 0.325 e. The van der Waals surface area contributed by atoms with Crippen LogP contribution in [0.1, 0.15) is 5.56 Å². The fourth-order valence-corrected chi connectivity index (χ4v) is 2.31. The molecule has 0 saturated heterocycles. The SMILES string of the molecule is O=C(CSCC(=O)Nc1ccccc1)N/N=C/c1ccccc1. The average molecular weight is 327 g/mol. The summed E-state index contributed by atoms with van der Waals surface area (Å²) in [5.41, 5.74) is 4.08. The van der Waals surface area contributed by atoms with Crippen molar-refractivity contribution in [1.29, 1.82) is 0 Å². The summed E-state index contributed by atoms with van der Waals surface area (Å²) in [6.45, 7) is 0. The van der Waals surface area contributed by atoms with E-state index in [9.17, 15) is 9.59 Å². The predicted octanol–water partition coefficient (Wildman–Crippen LogP) is 2.51. The van der Waals surface area contributed by atoms with Gasteiger partial charge >= 0.3 is 0 Å². The van der Waals surface area contributed by atoms with Crippen molar-refractivity contribution in [3.05, 3.63) is 66.2 Å². The third-order valence-corrected chi connectivity index (χ3v) is 3.66. The number of rotatable bonds is 7. The van der Waals surface area contributed by atoms with E-state index < -0.39 is 0 Å². The van der Waals surface area contributed by atoms with Gasteiger partial charge in [0.05, 0.1) is 17.7 Å². The lowest BCUT2D eigenvalue weighted by molar-refractivity contribution is -0.118. The Morgan fingerprint density at radius 1 is 0.913 bits per heavy atom. The van der Waals surface area contributed by atoms with Gasteiger partial charge in [-0.1, -0.05) is 48.5 Å². The summed E-state index contributed by atoms with van der Waals surface area (Å²) in [5.74, 6) is 0.00969. The second kappa shape index (κ2) is 9.42. The Labute approximate surface area is 139 Å². The van der Waals surface area contributed by atoms with Gasteiger partial charge in [-0.25, -0.2) is 5.43 Å². The number of benzene rings is 2. The van der Waals surface area contributed by atoms with Gasteiger partial charge < -0.3 is 5.32 Å². The first-order chi connectivity index (χ1) is 11.2. The van der Waals surface area contributed by atoms with Crippen molar-refractivity contribution in [2.45, 2.75) is 0 Å². The van der Waals surface area contributed by atoms with E-state index in [0.29, 0.717) is 0 Å². The molecular weight excluding hydrogens is 310 g/mol. The highest BCUT2D eigenvalue weighted by Gasteiger charge is 2.05. The van der Waals surface area contributed by atoms with Gasteiger partial charge in [0.1, 0.15) is 0 Å². The molecule has 0 aliphatic heterocycles. The van der Waals surface area contributed by atoms with E-state index in [1.54, 1.807) is 6.21 Å². The van der Waals surface area contributed by atoms with Gasteiger partial charge in [-0.3, -0.25) is 9.59 Å². The van der Waals surface area contributed by atoms with E-state index >= 15 is 0 Å². The van der Waals surface area contributed by atoms with Crippen molar-refractivity contribution < 1.29 is 9.59 Å². The molecule has 2 N–H and O–H groups in total. The molecule has 0 radical (unpaired) electrons. The van der Waals surface area contributed by atoms with E-state index in [1.807, 2.05) is 60.7 Å². The molecule has 118 valence electrons. The smallest absolute Gasteiger partial charge is 0.250 e. The third kappa shape index (κ3) is 6.80. The molecule has 0 atom stereocenters. The molecule has 0 aromatic heterocycles. The van der Waals surface area contributed by atoms with Gasteiger partial charge in [-0.2, -0.15) is 5.10 Å². The number of nitrogens with one attached hydrogen (secondary N) is 2. The van der Waals surface area contributed by atoms with E-state index in [2.05, 4.69) is 15.8 Å². The number of hydrogen-bond donors (Lipinski definition) is 2. The predicted molar refractivity (Wildman–Crippen MR) is 94.6 cm³/mol. The molecule has 5 nitrogen and oxygen atoms in total. The van der Waals surface area contributed by atoms with Crippen molar-refractivity contribution in [3.8, 4) is 0 Å². The van der Waals surface area contributed by atoms with Gasteiger partial charge in [0.15, 0.2) is 0 Å². The van der Waals surface area contributed by atoms with Crippen molar-refractivity contribution in [3.63, 3.8) is 0 Å². The highest BCUT2D eigenvalue weighted by molar-refractivity contribution is 8.00. The molecule has 2 aromatic carbocycles. The molecule has 0 unspecified atom stereocenters. The number of thioether (sulfide) groups is 1. The number of hydrazone groups is 1. The molecule has 0 fully saturated rings. The van der Waals surface area contributed by atoms with Crippen molar-refractivity contribution >= 4 is 35.5 Å². The first kappa shape index (κ1) is 16.8. The van der Waals surface area contributed by atoms with Crippen LogP contribution in [0.4, 0.5) is 5.69 Å². The molecule has 2 amide bonds. The molecule has 0 heterocycles. The lowest BCUT2D eigenvalue weighted by atomic mass is 10.2. The Morgan fingerprint density at radius 3 is 2.22 bits per heavy atom. The molecule has 0 aliphatic rings. The van der Waals surface area contributed by atoms with E-state index in [0.717, 1.165) is 11.3 Å². The van der Waals surface area contributed by atoms with Gasteiger partial charge in [0.25, 0.3) is 0 Å². The Balaban J connectivity index is 1.63. The summed E-state index contributed by atoms with van der Waals surface area (Å²) < 4.78 is 0. The number of carbonyl (C=O) groups is 2. The zero-order chi connectivity index (χ0) is 16.3. The normalized spacial score (nSPS) is 10.4. The standard InChI is InChI=1S/C17H17N3O2S/c21-16(19-15-9-5-2-6-10-15)12-23-13-17(22)20-18-11-14-7-3-1-4-8-14/h1-11H,12-13H2,(H,19,21)(H,20,22)/b18-11+. The Bertz CT molecular complexity index is 660. The van der Waals surface area contributed by atoms with Crippen LogP contribution in [0, 0.1) is 0 Å². The van der Waals surface area contributed by atoms with Crippen LogP contribution >= 0.6 is 11.8 Å². The molecular formula is C17H17N3O2S. The first-order valence-electron chi connectivity index (χ1n) is 7.03. The van der Waals surface area contributed by atoms with Gasteiger partial charge in [-0.15, -0.1) is 11.8 Å². The summed E-state index contributed by atoms with van der Waals surface area (Å²) in [6.07, 6.45) is 1.57. The zero-order valence-electron chi connectivity index (χ0n) is 12.4. The first-order valence-corrected chi connectivity index (χ1v) is 8.19. The molecule has 6 heteroatoms. The summed E-state index contributed by atoms with van der Waals surface area (Å²) in [4.78, 5) is 23.3. The minimum absolute atomic E-state index is 0.137. The van der Waals surface area contributed by atoms with Crippen LogP contribution in [-0.4, -0.2) is 29.5 Å². The number of hydrogen-bond acceptors (Lipinski definition) is 4. The molecule has 0 aliphatic carbocycles. The second-order valence-electron chi connectivity index (χ2n) is 4.61. The third-order valence-electron chi connectivity index (χ3n) is 2.73. The molecule has 2 aromatic rings. The lowest BCUT2D eigenvalue weighted by Gasteiger charge is -2.04. The summed E-state index contributed by atoms with van der Waals surface area (Å²) >= 11 is 1.24. The molecule has 23 heavy (non-hydrogen) atoms. The quantitative estimate of drug-likeness (QED) is 0.606. The van der Waals surface area contributed by atoms with Gasteiger partial charge in [0.2, 0.25) is 11.8 Å². The minimum atomic E-state index is -0.241. The van der Waals surface area contributed by atoms with Crippen LogP contribution in [0.2, 0.25) is 0 Å². The van der Waals surface area contributed by atoms with Crippen molar-refractivity contribution in [2.75, 3.05) is 16.8 Å². The maximum Gasteiger partial charge on any atom is 0.250 e. The lowest BCUT2D eigenvalue weighted by Crippen LogP contribution is -2.21. The Hall–Kier alpha value is -2.60. The topological polar surface area (TPSA) is 70.6 Å². The number of anilines is 1. The number of nitrogens with zero attached hydrogens (tertiary/aromatic N) is 1. The van der Waals surface area contributed by atoms with Crippen LogP contribution in [0.5, 0.6) is 0 Å². The summed E-state index contributed by atoms with van der Waals surface area (Å²) in [5, 5.41) is 6.63. The van der Waals surface area contributed by atoms with Crippen molar-refractivity contribution in [2.24, 2.45) is 5.10 Å². The van der Waals surface area contributed by atoms with Crippen LogP contribution in [-0.2, 0) is 9.59 Å². The molecule has 0 bridgehead atoms. The monoisotopic (exact) mass is 327 g/mol. The van der Waals surface area contributed by atoms with Gasteiger partial charge in [0, 0.05) is 5.69 Å². The summed E-state index contributed by atoms with van der Waals surface area (Å²) in [7, 11) is 0. The Morgan fingerprint density at radius 2 is 1.52 bits per heavy atom. The van der Waals surface area contributed by atoms with Crippen LogP contribution < -0.4 is 10.7 Å². The van der Waals surface area contributed by atoms with E-state index in [4.69, 9.17) is 0 Å². The summed E-state index contributed by atoms with van der Waals surface area (Å²) in [6, 6.07) is 18.7. The van der Waals surface area contributed by atoms with E-state index in [-0.39, 0.29) is 23.3 Å². The zero-order valence-corrected chi connectivity index (χ0v) is 13.3. The number of amides is 2. The van der Waals surface area contributed by atoms with E-state index in [1.165, 1.54) is 11.8 Å². The number of carbonyl (C=O) groups excluding carboxylic acids is 2. The molecule has 0 spiro atoms. The fraction of sp³-hybridized carbons (Fsp3) is 0.118. The average Bonchev–Trinajstić information content (AvgIpc) is 2.57. The van der Waals surface area contributed by atoms with Crippen LogP contribution in [0.15, 0.2) is 65.8 Å². The maximum absolute atomic E-state index is 11.7. The number of para-hydroxylation sites is 1. The van der Waals surface area contributed by atoms with Gasteiger partial charge in [-0.05, 0) is 17.7 Å². The van der Waals surface area contributed by atoms with Crippen LogP contribution in [0.3, 0.4) is 0 Å². The second-order valence-corrected chi connectivity index (χ2v) is 5.60. The molecule has 2 rings (SSSR count). The fourth-order valence-electron chi connectivity index (χ4n) is 1.71. The van der Waals surface area contributed by atoms with Crippen molar-refractivity contribution in [1.82, 2.24) is 5.43 Å². The Kier molecular flexibility index (Phi) is 6.87. The minimum Gasteiger partial charge on any atom is -0.325 e. The maximum atomic E-state index is 11.7. The molecule has 0 saturated carbocycles. The van der Waals surface area contributed by atoms with Crippen LogP contribution in [0.25, 0.3) is 0 Å².